The highest BCUT2D eigenvalue weighted by Crippen LogP contribution is 2.50. The largest absolute Gasteiger partial charge is 0.296 e. The van der Waals surface area contributed by atoms with E-state index >= 15 is 0 Å². The maximum atomic E-state index is 11.3. The van der Waals surface area contributed by atoms with Crippen molar-refractivity contribution in [2.75, 3.05) is 0 Å². The fraction of sp³-hybridized carbons (Fsp3) is 0.556. The number of nitrogens with one attached hydrogen (secondary N) is 1. The molecule has 2 fully saturated rings. The molecule has 1 saturated heterocycles. The predicted octanol–water partition coefficient (Wildman–Crippen LogP) is 0.0811. The summed E-state index contributed by atoms with van der Waals surface area (Å²) in [5, 5.41) is 2.40. The van der Waals surface area contributed by atoms with Crippen molar-refractivity contribution >= 4 is 11.8 Å². The van der Waals surface area contributed by atoms with Crippen molar-refractivity contribution in [2.45, 2.75) is 6.42 Å². The van der Waals surface area contributed by atoms with Crippen LogP contribution in [0.4, 0.5) is 0 Å². The highest BCUT2D eigenvalue weighted by Gasteiger charge is 2.55. The molecular formula is C9H9NO2. The molecule has 0 aromatic heterocycles. The normalized spacial score (nSPS) is 48.3. The van der Waals surface area contributed by atoms with Crippen LogP contribution in [-0.4, -0.2) is 11.8 Å². The summed E-state index contributed by atoms with van der Waals surface area (Å²) in [7, 11) is 0. The summed E-state index contributed by atoms with van der Waals surface area (Å²) in [6, 6.07) is 0. The van der Waals surface area contributed by atoms with Crippen LogP contribution in [0.25, 0.3) is 0 Å². The number of fused-ring (bicyclic) bond motifs is 5. The summed E-state index contributed by atoms with van der Waals surface area (Å²) in [5.74, 6) is 0.501. The Kier molecular flexibility index (Phi) is 0.953. The van der Waals surface area contributed by atoms with Gasteiger partial charge < -0.3 is 0 Å². The number of allylic oxidation sites excluding steroid dienone is 2. The minimum absolute atomic E-state index is 0.0347. The SMILES string of the molecule is O=C1NC(=O)[C@H]2[C@@H]1[C@@H]1C=C[C@@H]2C1. The molecule has 3 rings (SSSR count). The van der Waals surface area contributed by atoms with Crippen molar-refractivity contribution in [3.05, 3.63) is 12.2 Å². The van der Waals surface area contributed by atoms with Crippen LogP contribution in [0.5, 0.6) is 0 Å². The molecule has 0 unspecified atom stereocenters. The van der Waals surface area contributed by atoms with Crippen molar-refractivity contribution < 1.29 is 9.59 Å². The zero-order chi connectivity index (χ0) is 8.29. The van der Waals surface area contributed by atoms with Crippen LogP contribution < -0.4 is 5.32 Å². The van der Waals surface area contributed by atoms with Gasteiger partial charge in [-0.15, -0.1) is 0 Å². The molecule has 3 aliphatic rings. The second-order valence-electron chi connectivity index (χ2n) is 3.85. The summed E-state index contributed by atoms with van der Waals surface area (Å²) < 4.78 is 0. The number of imide groups is 1. The molecule has 0 aromatic carbocycles. The molecule has 2 bridgehead atoms. The summed E-state index contributed by atoms with van der Waals surface area (Å²) >= 11 is 0. The molecular weight excluding hydrogens is 154 g/mol. The first-order chi connectivity index (χ1) is 5.77. The van der Waals surface area contributed by atoms with Gasteiger partial charge in [-0.25, -0.2) is 0 Å². The molecule has 12 heavy (non-hydrogen) atoms. The van der Waals surface area contributed by atoms with Gasteiger partial charge in [0, 0.05) is 0 Å². The van der Waals surface area contributed by atoms with E-state index in [0.29, 0.717) is 11.8 Å². The minimum atomic E-state index is -0.0538. The molecule has 0 aromatic rings. The van der Waals surface area contributed by atoms with Crippen molar-refractivity contribution in [1.82, 2.24) is 5.32 Å². The molecule has 62 valence electrons. The van der Waals surface area contributed by atoms with E-state index in [2.05, 4.69) is 17.5 Å². The van der Waals surface area contributed by atoms with Gasteiger partial charge in [0.1, 0.15) is 0 Å². The zero-order valence-corrected chi connectivity index (χ0v) is 6.49. The van der Waals surface area contributed by atoms with Gasteiger partial charge in [-0.1, -0.05) is 12.2 Å². The average molecular weight is 163 g/mol. The van der Waals surface area contributed by atoms with Crippen molar-refractivity contribution in [3.8, 4) is 0 Å². The van der Waals surface area contributed by atoms with Gasteiger partial charge in [0.25, 0.3) is 0 Å². The number of amides is 2. The lowest BCUT2D eigenvalue weighted by Crippen LogP contribution is -2.25. The third-order valence-corrected chi connectivity index (χ3v) is 3.31. The van der Waals surface area contributed by atoms with E-state index in [1.165, 1.54) is 0 Å². The Morgan fingerprint density at radius 1 is 1.08 bits per heavy atom. The summed E-state index contributed by atoms with van der Waals surface area (Å²) in [6.07, 6.45) is 5.18. The van der Waals surface area contributed by atoms with Crippen LogP contribution in [-0.2, 0) is 9.59 Å². The fourth-order valence-electron chi connectivity index (χ4n) is 2.83. The predicted molar refractivity (Wildman–Crippen MR) is 40.9 cm³/mol. The standard InChI is InChI=1S/C9H9NO2/c11-8-6-4-1-2-5(3-4)7(6)9(12)10-8/h1-2,4-7H,3H2,(H,10,11,12)/t4-,5-,6-,7+/m1/s1. The van der Waals surface area contributed by atoms with E-state index in [9.17, 15) is 9.59 Å². The number of rotatable bonds is 0. The molecule has 0 radical (unpaired) electrons. The van der Waals surface area contributed by atoms with E-state index < -0.39 is 0 Å². The van der Waals surface area contributed by atoms with Gasteiger partial charge >= 0.3 is 0 Å². The monoisotopic (exact) mass is 163 g/mol. The molecule has 2 aliphatic carbocycles. The number of carbonyl (C=O) groups excluding carboxylic acids is 2. The first-order valence-electron chi connectivity index (χ1n) is 4.30. The smallest absolute Gasteiger partial charge is 0.231 e. The van der Waals surface area contributed by atoms with E-state index in [1.54, 1.807) is 0 Å². The minimum Gasteiger partial charge on any atom is -0.296 e. The Bertz CT molecular complexity index is 280. The third kappa shape index (κ3) is 0.543. The number of carbonyl (C=O) groups is 2. The lowest BCUT2D eigenvalue weighted by Gasteiger charge is -2.14. The molecule has 1 aliphatic heterocycles. The van der Waals surface area contributed by atoms with E-state index in [0.717, 1.165) is 6.42 Å². The van der Waals surface area contributed by atoms with Crippen LogP contribution in [0.1, 0.15) is 6.42 Å². The summed E-state index contributed by atoms with van der Waals surface area (Å²) in [5.41, 5.74) is 0. The van der Waals surface area contributed by atoms with Gasteiger partial charge in [-0.2, -0.15) is 0 Å². The Morgan fingerprint density at radius 3 is 2.08 bits per heavy atom. The Hall–Kier alpha value is -1.12. The second-order valence-corrected chi connectivity index (χ2v) is 3.85. The van der Waals surface area contributed by atoms with Crippen LogP contribution in [0.15, 0.2) is 12.2 Å². The van der Waals surface area contributed by atoms with Gasteiger partial charge in [-0.3, -0.25) is 14.9 Å². The Balaban J connectivity index is 2.08. The van der Waals surface area contributed by atoms with Gasteiger partial charge in [-0.05, 0) is 18.3 Å². The highest BCUT2D eigenvalue weighted by atomic mass is 16.2. The maximum Gasteiger partial charge on any atom is 0.231 e. The van der Waals surface area contributed by atoms with Crippen molar-refractivity contribution in [2.24, 2.45) is 23.7 Å². The lowest BCUT2D eigenvalue weighted by atomic mass is 9.85. The molecule has 1 saturated carbocycles. The molecule has 3 nitrogen and oxygen atoms in total. The zero-order valence-electron chi connectivity index (χ0n) is 6.49. The molecule has 0 spiro atoms. The topological polar surface area (TPSA) is 46.2 Å². The quantitative estimate of drug-likeness (QED) is 0.406. The Labute approximate surface area is 69.8 Å². The molecule has 4 atom stereocenters. The Morgan fingerprint density at radius 2 is 1.58 bits per heavy atom. The lowest BCUT2D eigenvalue weighted by molar-refractivity contribution is -0.126. The molecule has 1 N–H and O–H groups in total. The molecule has 3 heteroatoms. The van der Waals surface area contributed by atoms with E-state index in [-0.39, 0.29) is 23.7 Å². The van der Waals surface area contributed by atoms with Crippen LogP contribution in [0.2, 0.25) is 0 Å². The fourth-order valence-corrected chi connectivity index (χ4v) is 2.83. The number of hydrogen-bond acceptors (Lipinski definition) is 2. The van der Waals surface area contributed by atoms with E-state index in [4.69, 9.17) is 0 Å². The number of hydrogen-bond donors (Lipinski definition) is 1. The van der Waals surface area contributed by atoms with E-state index in [1.807, 2.05) is 0 Å². The average Bonchev–Trinajstić information content (AvgIpc) is 2.64. The van der Waals surface area contributed by atoms with Gasteiger partial charge in [0.2, 0.25) is 11.8 Å². The second kappa shape index (κ2) is 1.79. The third-order valence-electron chi connectivity index (χ3n) is 3.31. The van der Waals surface area contributed by atoms with Gasteiger partial charge in [0.05, 0.1) is 11.8 Å². The maximum absolute atomic E-state index is 11.3. The molecule has 2 amide bonds. The highest BCUT2D eigenvalue weighted by molar-refractivity contribution is 6.06. The van der Waals surface area contributed by atoms with Crippen LogP contribution in [0.3, 0.4) is 0 Å². The first kappa shape index (κ1) is 6.40. The van der Waals surface area contributed by atoms with Crippen molar-refractivity contribution in [3.63, 3.8) is 0 Å². The summed E-state index contributed by atoms with van der Waals surface area (Å²) in [6.45, 7) is 0. The first-order valence-corrected chi connectivity index (χ1v) is 4.30. The summed E-state index contributed by atoms with van der Waals surface area (Å²) in [4.78, 5) is 22.6. The van der Waals surface area contributed by atoms with Gasteiger partial charge in [0.15, 0.2) is 0 Å². The van der Waals surface area contributed by atoms with Crippen LogP contribution in [0, 0.1) is 23.7 Å². The van der Waals surface area contributed by atoms with Crippen LogP contribution >= 0.6 is 0 Å². The van der Waals surface area contributed by atoms with Crippen molar-refractivity contribution in [1.29, 1.82) is 0 Å². The molecule has 1 heterocycles.